The first-order valence-corrected chi connectivity index (χ1v) is 17.2. The average Bonchev–Trinajstić information content (AvgIpc) is 3.52. The lowest BCUT2D eigenvalue weighted by Crippen LogP contribution is -2.33. The van der Waals surface area contributed by atoms with Crippen molar-refractivity contribution in [2.75, 3.05) is 0 Å². The van der Waals surface area contributed by atoms with E-state index in [-0.39, 0.29) is 10.8 Å². The van der Waals surface area contributed by atoms with E-state index in [2.05, 4.69) is 94.4 Å². The van der Waals surface area contributed by atoms with E-state index in [1.807, 2.05) is 60.7 Å². The molecule has 2 aromatic heterocycles. The number of para-hydroxylation sites is 1. The van der Waals surface area contributed by atoms with Crippen LogP contribution in [0.5, 0.6) is 0 Å². The van der Waals surface area contributed by atoms with Crippen LogP contribution in [0.4, 0.5) is 0 Å². The van der Waals surface area contributed by atoms with Crippen LogP contribution in [0.1, 0.15) is 51.7 Å². The van der Waals surface area contributed by atoms with Crippen molar-refractivity contribution in [3.63, 3.8) is 0 Å². The Bertz CT molecular complexity index is 2560. The van der Waals surface area contributed by atoms with E-state index in [1.165, 1.54) is 40.5 Å². The van der Waals surface area contributed by atoms with Crippen LogP contribution in [0.25, 0.3) is 78.0 Å². The second-order valence-corrected chi connectivity index (χ2v) is 14.8. The second-order valence-electron chi connectivity index (χ2n) is 14.8. The standard InChI is InChI=1S/C45H37N3O/c1-44(2)23-24-45(3,4)37-27-32(21-22-36(37)44)30-17-18-31-26-33(20-19-29(31)25-30)42-46-41(28-11-6-5-7-12-28)47-43(48-42)35-14-10-16-39-40(35)34-13-8-9-15-38(34)49-39/h5-22,25-27H,23-24H2,1-4H3. The summed E-state index contributed by atoms with van der Waals surface area (Å²) in [6.07, 6.45) is 2.42. The quantitative estimate of drug-likeness (QED) is 0.193. The molecule has 238 valence electrons. The highest BCUT2D eigenvalue weighted by Gasteiger charge is 2.37. The van der Waals surface area contributed by atoms with Crippen molar-refractivity contribution in [2.24, 2.45) is 0 Å². The largest absolute Gasteiger partial charge is 0.456 e. The molecule has 0 bridgehead atoms. The number of nitrogens with zero attached hydrogens (tertiary/aromatic N) is 3. The Morgan fingerprint density at radius 1 is 0.469 bits per heavy atom. The molecule has 4 heteroatoms. The minimum absolute atomic E-state index is 0.171. The van der Waals surface area contributed by atoms with E-state index >= 15 is 0 Å². The number of aromatic nitrogens is 3. The molecule has 0 atom stereocenters. The Morgan fingerprint density at radius 2 is 1.06 bits per heavy atom. The fourth-order valence-electron chi connectivity index (χ4n) is 7.64. The number of benzene rings is 6. The molecule has 0 N–H and O–H groups in total. The Kier molecular flexibility index (Phi) is 6.61. The van der Waals surface area contributed by atoms with Crippen LogP contribution in [0, 0.1) is 0 Å². The lowest BCUT2D eigenvalue weighted by atomic mass is 9.63. The zero-order valence-electron chi connectivity index (χ0n) is 28.3. The van der Waals surface area contributed by atoms with Gasteiger partial charge in [0.1, 0.15) is 11.2 Å². The molecule has 0 saturated carbocycles. The lowest BCUT2D eigenvalue weighted by Gasteiger charge is -2.42. The topological polar surface area (TPSA) is 51.8 Å². The second kappa shape index (κ2) is 11.0. The summed E-state index contributed by atoms with van der Waals surface area (Å²) in [4.78, 5) is 15.2. The third-order valence-corrected chi connectivity index (χ3v) is 10.6. The first kappa shape index (κ1) is 29.5. The molecule has 8 aromatic rings. The van der Waals surface area contributed by atoms with Crippen molar-refractivity contribution in [3.05, 3.63) is 139 Å². The van der Waals surface area contributed by atoms with Gasteiger partial charge in [-0.15, -0.1) is 0 Å². The van der Waals surface area contributed by atoms with Crippen LogP contribution in [-0.2, 0) is 10.8 Å². The SMILES string of the molecule is CC1(C)CCC(C)(C)c2cc(-c3ccc4cc(-c5nc(-c6ccccc6)nc(-c6cccc7oc8ccccc8c67)n5)ccc4c3)ccc21. The molecule has 0 aliphatic heterocycles. The summed E-state index contributed by atoms with van der Waals surface area (Å²) in [5.41, 5.74) is 10.3. The molecule has 0 fully saturated rings. The zero-order chi connectivity index (χ0) is 33.3. The summed E-state index contributed by atoms with van der Waals surface area (Å²) in [5.74, 6) is 1.90. The number of rotatable bonds is 4. The molecular formula is C45H37N3O. The van der Waals surface area contributed by atoms with Crippen molar-refractivity contribution in [1.82, 2.24) is 15.0 Å². The molecule has 0 saturated heterocycles. The first-order valence-electron chi connectivity index (χ1n) is 17.2. The summed E-state index contributed by atoms with van der Waals surface area (Å²) in [5, 5.41) is 4.39. The van der Waals surface area contributed by atoms with E-state index in [9.17, 15) is 0 Å². The molecule has 1 aliphatic carbocycles. The van der Waals surface area contributed by atoms with Crippen LogP contribution in [-0.4, -0.2) is 15.0 Å². The number of hydrogen-bond acceptors (Lipinski definition) is 4. The van der Waals surface area contributed by atoms with Crippen molar-refractivity contribution in [2.45, 2.75) is 51.4 Å². The highest BCUT2D eigenvalue weighted by Crippen LogP contribution is 2.47. The smallest absolute Gasteiger partial charge is 0.164 e. The normalized spacial score (nSPS) is 15.1. The van der Waals surface area contributed by atoms with Crippen molar-refractivity contribution >= 4 is 32.7 Å². The summed E-state index contributed by atoms with van der Waals surface area (Å²) >= 11 is 0. The van der Waals surface area contributed by atoms with E-state index in [0.717, 1.165) is 44.0 Å². The summed E-state index contributed by atoms with van der Waals surface area (Å²) in [6, 6.07) is 44.7. The van der Waals surface area contributed by atoms with Gasteiger partial charge in [-0.3, -0.25) is 0 Å². The van der Waals surface area contributed by atoms with Gasteiger partial charge in [-0.25, -0.2) is 15.0 Å². The lowest BCUT2D eigenvalue weighted by molar-refractivity contribution is 0.332. The van der Waals surface area contributed by atoms with Gasteiger partial charge in [0.15, 0.2) is 17.5 Å². The first-order chi connectivity index (χ1) is 23.7. The van der Waals surface area contributed by atoms with Crippen LogP contribution >= 0.6 is 0 Å². The monoisotopic (exact) mass is 635 g/mol. The van der Waals surface area contributed by atoms with Crippen molar-refractivity contribution in [3.8, 4) is 45.3 Å². The molecule has 0 radical (unpaired) electrons. The van der Waals surface area contributed by atoms with E-state index < -0.39 is 0 Å². The molecule has 2 heterocycles. The van der Waals surface area contributed by atoms with Crippen LogP contribution in [0.15, 0.2) is 132 Å². The van der Waals surface area contributed by atoms with Gasteiger partial charge >= 0.3 is 0 Å². The summed E-state index contributed by atoms with van der Waals surface area (Å²) in [7, 11) is 0. The Labute approximate surface area is 286 Å². The summed E-state index contributed by atoms with van der Waals surface area (Å²) in [6.45, 7) is 9.54. The van der Waals surface area contributed by atoms with Gasteiger partial charge in [0, 0.05) is 27.5 Å². The zero-order valence-corrected chi connectivity index (χ0v) is 28.3. The summed E-state index contributed by atoms with van der Waals surface area (Å²) < 4.78 is 6.21. The molecule has 1 aliphatic rings. The van der Waals surface area contributed by atoms with Crippen LogP contribution < -0.4 is 0 Å². The molecule has 0 amide bonds. The molecule has 0 unspecified atom stereocenters. The Balaban J connectivity index is 1.16. The molecule has 49 heavy (non-hydrogen) atoms. The van der Waals surface area contributed by atoms with Crippen LogP contribution in [0.2, 0.25) is 0 Å². The minimum Gasteiger partial charge on any atom is -0.456 e. The van der Waals surface area contributed by atoms with Crippen molar-refractivity contribution < 1.29 is 4.42 Å². The van der Waals surface area contributed by atoms with E-state index in [0.29, 0.717) is 17.5 Å². The average molecular weight is 636 g/mol. The molecule has 9 rings (SSSR count). The highest BCUT2D eigenvalue weighted by atomic mass is 16.3. The van der Waals surface area contributed by atoms with Crippen LogP contribution in [0.3, 0.4) is 0 Å². The van der Waals surface area contributed by atoms with Gasteiger partial charge in [-0.05, 0) is 81.0 Å². The number of furan rings is 1. The number of hydrogen-bond donors (Lipinski definition) is 0. The molecule has 4 nitrogen and oxygen atoms in total. The van der Waals surface area contributed by atoms with Gasteiger partial charge in [0.25, 0.3) is 0 Å². The third kappa shape index (κ3) is 5.02. The van der Waals surface area contributed by atoms with Gasteiger partial charge in [0.05, 0.1) is 0 Å². The molecule has 0 spiro atoms. The minimum atomic E-state index is 0.171. The molecular weight excluding hydrogens is 599 g/mol. The van der Waals surface area contributed by atoms with E-state index in [1.54, 1.807) is 0 Å². The maximum absolute atomic E-state index is 6.21. The van der Waals surface area contributed by atoms with E-state index in [4.69, 9.17) is 19.4 Å². The molecule has 6 aromatic carbocycles. The van der Waals surface area contributed by atoms with Gasteiger partial charge < -0.3 is 4.42 Å². The predicted octanol–water partition coefficient (Wildman–Crippen LogP) is 11.9. The maximum Gasteiger partial charge on any atom is 0.164 e. The van der Waals surface area contributed by atoms with Gasteiger partial charge in [-0.2, -0.15) is 0 Å². The maximum atomic E-state index is 6.21. The fraction of sp³-hybridized carbons (Fsp3) is 0.178. The third-order valence-electron chi connectivity index (χ3n) is 10.6. The Hall–Kier alpha value is -5.61. The fourth-order valence-corrected chi connectivity index (χ4v) is 7.64. The highest BCUT2D eigenvalue weighted by molar-refractivity contribution is 6.11. The predicted molar refractivity (Wildman–Crippen MR) is 202 cm³/mol. The number of fused-ring (bicyclic) bond motifs is 5. The van der Waals surface area contributed by atoms with Crippen molar-refractivity contribution in [1.29, 1.82) is 0 Å². The van der Waals surface area contributed by atoms with Gasteiger partial charge in [0.2, 0.25) is 0 Å². The van der Waals surface area contributed by atoms with Gasteiger partial charge in [-0.1, -0.05) is 131 Å². The Morgan fingerprint density at radius 3 is 1.86 bits per heavy atom.